The van der Waals surface area contributed by atoms with Crippen LogP contribution in [0.1, 0.15) is 49.7 Å². The second kappa shape index (κ2) is 6.88. The monoisotopic (exact) mass is 367 g/mol. The van der Waals surface area contributed by atoms with Crippen molar-refractivity contribution in [3.05, 3.63) is 35.1 Å². The molecule has 0 radical (unpaired) electrons. The third kappa shape index (κ3) is 3.13. The van der Waals surface area contributed by atoms with Crippen LogP contribution in [-0.4, -0.2) is 25.7 Å². The second-order valence-electron chi connectivity index (χ2n) is 8.83. The number of nitrogens with one attached hydrogen (secondary N) is 1. The van der Waals surface area contributed by atoms with E-state index >= 15 is 0 Å². The number of fused-ring (bicyclic) bond motifs is 3. The number of benzene rings is 1. The maximum Gasteiger partial charge on any atom is 0.309 e. The van der Waals surface area contributed by atoms with Crippen molar-refractivity contribution >= 4 is 17.2 Å². The number of hydrogen-bond acceptors (Lipinski definition) is 4. The smallest absolute Gasteiger partial charge is 0.309 e. The maximum absolute atomic E-state index is 11.8. The molecular weight excluding hydrogens is 338 g/mol. The van der Waals surface area contributed by atoms with Crippen LogP contribution in [0.3, 0.4) is 0 Å². The molecule has 3 heterocycles. The molecule has 1 aromatic carbocycles. The van der Waals surface area contributed by atoms with Gasteiger partial charge in [0.2, 0.25) is 0 Å². The van der Waals surface area contributed by atoms with Crippen molar-refractivity contribution in [2.24, 2.45) is 23.7 Å². The first-order chi connectivity index (χ1) is 13.2. The van der Waals surface area contributed by atoms with Gasteiger partial charge >= 0.3 is 5.97 Å². The van der Waals surface area contributed by atoms with Gasteiger partial charge in [-0.25, -0.2) is 0 Å². The number of carbonyl (C=O) groups excluding carboxylic acids is 1. The van der Waals surface area contributed by atoms with E-state index in [-0.39, 0.29) is 11.9 Å². The average Bonchev–Trinajstić information content (AvgIpc) is 3.06. The number of rotatable bonds is 3. The van der Waals surface area contributed by atoms with Gasteiger partial charge in [-0.3, -0.25) is 4.79 Å². The zero-order valence-electron chi connectivity index (χ0n) is 16.1. The fourth-order valence-electron chi connectivity index (χ4n) is 5.64. The molecule has 1 aliphatic carbocycles. The zero-order chi connectivity index (χ0) is 18.4. The van der Waals surface area contributed by atoms with Crippen molar-refractivity contribution < 1.29 is 14.3 Å². The molecule has 3 aliphatic heterocycles. The summed E-state index contributed by atoms with van der Waals surface area (Å²) < 4.78 is 11.3. The summed E-state index contributed by atoms with van der Waals surface area (Å²) in [5.41, 5.74) is 5.35. The van der Waals surface area contributed by atoms with E-state index in [9.17, 15) is 4.79 Å². The molecule has 4 heteroatoms. The quantitative estimate of drug-likeness (QED) is 0.797. The SMILES string of the molecule is Cc1ccc2c(c1)C1=C(CN2)OCCC1CCC1CCC2C(=O)OCC2C1. The highest BCUT2D eigenvalue weighted by Crippen LogP contribution is 2.45. The third-order valence-corrected chi connectivity index (χ3v) is 7.11. The number of anilines is 1. The van der Waals surface area contributed by atoms with Gasteiger partial charge in [-0.15, -0.1) is 0 Å². The number of carbonyl (C=O) groups is 1. The Labute approximate surface area is 161 Å². The average molecular weight is 367 g/mol. The molecule has 4 nitrogen and oxygen atoms in total. The lowest BCUT2D eigenvalue weighted by molar-refractivity contribution is -0.141. The molecule has 5 rings (SSSR count). The van der Waals surface area contributed by atoms with Gasteiger partial charge in [-0.2, -0.15) is 0 Å². The Balaban J connectivity index is 1.30. The number of aryl methyl sites for hydroxylation is 1. The van der Waals surface area contributed by atoms with Crippen LogP contribution in [0.4, 0.5) is 5.69 Å². The zero-order valence-corrected chi connectivity index (χ0v) is 16.1. The van der Waals surface area contributed by atoms with Crippen molar-refractivity contribution in [3.8, 4) is 0 Å². The predicted octanol–water partition coefficient (Wildman–Crippen LogP) is 4.54. The summed E-state index contributed by atoms with van der Waals surface area (Å²) in [5.74, 6) is 3.21. The minimum Gasteiger partial charge on any atom is -0.496 e. The summed E-state index contributed by atoms with van der Waals surface area (Å²) >= 11 is 0. The summed E-state index contributed by atoms with van der Waals surface area (Å²) in [5, 5.41) is 3.52. The highest BCUT2D eigenvalue weighted by molar-refractivity contribution is 5.82. The molecule has 4 aliphatic rings. The second-order valence-corrected chi connectivity index (χ2v) is 8.83. The van der Waals surface area contributed by atoms with E-state index in [2.05, 4.69) is 30.4 Å². The van der Waals surface area contributed by atoms with Gasteiger partial charge in [-0.05, 0) is 69.4 Å². The van der Waals surface area contributed by atoms with E-state index in [0.29, 0.717) is 18.4 Å². The minimum atomic E-state index is 0.0550. The summed E-state index contributed by atoms with van der Waals surface area (Å²) in [4.78, 5) is 11.8. The molecule has 27 heavy (non-hydrogen) atoms. The molecule has 4 unspecified atom stereocenters. The van der Waals surface area contributed by atoms with E-state index in [4.69, 9.17) is 9.47 Å². The molecule has 1 saturated carbocycles. The van der Waals surface area contributed by atoms with E-state index in [1.165, 1.54) is 48.1 Å². The molecule has 0 amide bonds. The maximum atomic E-state index is 11.8. The van der Waals surface area contributed by atoms with Gasteiger partial charge < -0.3 is 14.8 Å². The fourth-order valence-corrected chi connectivity index (χ4v) is 5.64. The van der Waals surface area contributed by atoms with Crippen molar-refractivity contribution in [1.29, 1.82) is 0 Å². The lowest BCUT2D eigenvalue weighted by Crippen LogP contribution is -2.27. The Morgan fingerprint density at radius 1 is 1.15 bits per heavy atom. The Morgan fingerprint density at radius 2 is 2.07 bits per heavy atom. The fraction of sp³-hybridized carbons (Fsp3) is 0.609. The molecule has 0 spiro atoms. The van der Waals surface area contributed by atoms with Crippen LogP contribution in [-0.2, 0) is 14.3 Å². The highest BCUT2D eigenvalue weighted by Gasteiger charge is 2.41. The van der Waals surface area contributed by atoms with Crippen LogP contribution in [0.2, 0.25) is 0 Å². The number of hydrogen-bond donors (Lipinski definition) is 1. The number of cyclic esters (lactones) is 1. The van der Waals surface area contributed by atoms with Crippen molar-refractivity contribution in [3.63, 3.8) is 0 Å². The lowest BCUT2D eigenvalue weighted by atomic mass is 9.72. The Bertz CT molecular complexity index is 784. The van der Waals surface area contributed by atoms with Crippen molar-refractivity contribution in [1.82, 2.24) is 0 Å². The van der Waals surface area contributed by atoms with E-state index in [1.807, 2.05) is 0 Å². The van der Waals surface area contributed by atoms with Gasteiger partial charge in [0.1, 0.15) is 5.76 Å². The summed E-state index contributed by atoms with van der Waals surface area (Å²) in [6.07, 6.45) is 6.99. The van der Waals surface area contributed by atoms with Crippen LogP contribution in [0.15, 0.2) is 24.0 Å². The lowest BCUT2D eigenvalue weighted by Gasteiger charge is -2.35. The number of ether oxygens (including phenoxy) is 2. The largest absolute Gasteiger partial charge is 0.496 e. The normalized spacial score (nSPS) is 32.0. The Morgan fingerprint density at radius 3 is 3.00 bits per heavy atom. The van der Waals surface area contributed by atoms with E-state index in [1.54, 1.807) is 0 Å². The Kier molecular flexibility index (Phi) is 4.37. The van der Waals surface area contributed by atoms with Crippen LogP contribution in [0, 0.1) is 30.6 Å². The molecule has 2 fully saturated rings. The topological polar surface area (TPSA) is 47.6 Å². The molecule has 1 aromatic rings. The molecule has 144 valence electrons. The standard InChI is InChI=1S/C23H29NO3/c1-14-2-7-20-19(10-14)22-16(8-9-26-21(22)12-24-20)5-3-15-4-6-18-17(11-15)13-27-23(18)25/h2,7,10,15-18,24H,3-6,8-9,11-13H2,1H3. The highest BCUT2D eigenvalue weighted by atomic mass is 16.5. The van der Waals surface area contributed by atoms with Gasteiger partial charge in [0.25, 0.3) is 0 Å². The van der Waals surface area contributed by atoms with Gasteiger partial charge in [0.05, 0.1) is 25.7 Å². The van der Waals surface area contributed by atoms with Crippen LogP contribution >= 0.6 is 0 Å². The van der Waals surface area contributed by atoms with E-state index < -0.39 is 0 Å². The van der Waals surface area contributed by atoms with Gasteiger partial charge in [0.15, 0.2) is 0 Å². The van der Waals surface area contributed by atoms with Gasteiger partial charge in [0, 0.05) is 22.7 Å². The molecular formula is C23H29NO3. The first-order valence-corrected chi connectivity index (χ1v) is 10.6. The molecule has 0 aromatic heterocycles. The summed E-state index contributed by atoms with van der Waals surface area (Å²) in [7, 11) is 0. The van der Waals surface area contributed by atoms with Crippen LogP contribution < -0.4 is 5.32 Å². The molecule has 4 atom stereocenters. The summed E-state index contributed by atoms with van der Waals surface area (Å²) in [6, 6.07) is 6.70. The van der Waals surface area contributed by atoms with Crippen LogP contribution in [0.25, 0.3) is 5.57 Å². The van der Waals surface area contributed by atoms with Crippen molar-refractivity contribution in [2.75, 3.05) is 25.1 Å². The summed E-state index contributed by atoms with van der Waals surface area (Å²) in [6.45, 7) is 4.47. The van der Waals surface area contributed by atoms with E-state index in [0.717, 1.165) is 37.7 Å². The number of allylic oxidation sites excluding steroid dienone is 1. The molecule has 0 bridgehead atoms. The molecule has 1 saturated heterocycles. The van der Waals surface area contributed by atoms with Crippen molar-refractivity contribution in [2.45, 2.75) is 45.4 Å². The van der Waals surface area contributed by atoms with Crippen LogP contribution in [0.5, 0.6) is 0 Å². The Hall–Kier alpha value is -1.97. The predicted molar refractivity (Wildman–Crippen MR) is 105 cm³/mol. The minimum absolute atomic E-state index is 0.0550. The first kappa shape index (κ1) is 17.2. The first-order valence-electron chi connectivity index (χ1n) is 10.6. The number of esters is 1. The molecule has 1 N–H and O–H groups in total. The van der Waals surface area contributed by atoms with Gasteiger partial charge in [-0.1, -0.05) is 11.6 Å². The third-order valence-electron chi connectivity index (χ3n) is 7.11.